The third kappa shape index (κ3) is 4.01. The Kier molecular flexibility index (Phi) is 4.88. The Morgan fingerprint density at radius 2 is 1.77 bits per heavy atom. The third-order valence-electron chi connectivity index (χ3n) is 3.52. The molecule has 0 radical (unpaired) electrons. The Hall–Kier alpha value is -3.75. The van der Waals surface area contributed by atoms with Gasteiger partial charge in [0.1, 0.15) is 17.8 Å². The molecule has 3 aromatic rings. The molecule has 9 heteroatoms. The van der Waals surface area contributed by atoms with Gasteiger partial charge in [0.25, 0.3) is 5.56 Å². The van der Waals surface area contributed by atoms with Gasteiger partial charge in [0, 0.05) is 5.69 Å². The Labute approximate surface area is 147 Å². The van der Waals surface area contributed by atoms with Crippen LogP contribution in [-0.4, -0.2) is 38.5 Å². The van der Waals surface area contributed by atoms with Crippen LogP contribution in [-0.2, 0) is 16.1 Å². The number of hydrogen-bond acceptors (Lipinski definition) is 6. The number of hydrogen-bond donors (Lipinski definition) is 3. The van der Waals surface area contributed by atoms with Crippen molar-refractivity contribution in [3.05, 3.63) is 58.9 Å². The predicted molar refractivity (Wildman–Crippen MR) is 93.5 cm³/mol. The average molecular weight is 353 g/mol. The molecule has 26 heavy (non-hydrogen) atoms. The second-order valence-corrected chi connectivity index (χ2v) is 5.44. The monoisotopic (exact) mass is 353 g/mol. The van der Waals surface area contributed by atoms with Gasteiger partial charge in [-0.1, -0.05) is 17.3 Å². The first-order valence-electron chi connectivity index (χ1n) is 7.71. The number of aromatic nitrogens is 3. The number of nitrogens with one attached hydrogen (secondary N) is 2. The van der Waals surface area contributed by atoms with Crippen LogP contribution in [0, 0.1) is 0 Å². The van der Waals surface area contributed by atoms with E-state index in [1.165, 1.54) is 24.3 Å². The van der Waals surface area contributed by atoms with E-state index in [0.29, 0.717) is 16.6 Å². The molecule has 2 aromatic carbocycles. The third-order valence-corrected chi connectivity index (χ3v) is 3.52. The molecule has 3 N–H and O–H groups in total. The van der Waals surface area contributed by atoms with Gasteiger partial charge in [0.05, 0.1) is 11.9 Å². The fourth-order valence-corrected chi connectivity index (χ4v) is 2.25. The molecule has 1 aromatic heterocycles. The number of rotatable bonds is 5. The highest BCUT2D eigenvalue weighted by Gasteiger charge is 2.10. The van der Waals surface area contributed by atoms with Crippen LogP contribution in [0.1, 0.15) is 0 Å². The van der Waals surface area contributed by atoms with Crippen LogP contribution in [0.2, 0.25) is 0 Å². The summed E-state index contributed by atoms with van der Waals surface area (Å²) in [6.45, 7) is -0.612. The molecule has 3 rings (SSSR count). The molecule has 0 saturated carbocycles. The minimum Gasteiger partial charge on any atom is -0.508 e. The van der Waals surface area contributed by atoms with Gasteiger partial charge in [-0.15, -0.1) is 5.10 Å². The first kappa shape index (κ1) is 17.1. The Bertz CT molecular complexity index is 1010. The lowest BCUT2D eigenvalue weighted by Gasteiger charge is -2.08. The molecule has 1 heterocycles. The van der Waals surface area contributed by atoms with E-state index in [9.17, 15) is 19.5 Å². The Balaban J connectivity index is 1.57. The number of nitrogens with zero attached hydrogens (tertiary/aromatic N) is 3. The highest BCUT2D eigenvalue weighted by atomic mass is 16.3. The number of fused-ring (bicyclic) bond motifs is 1. The van der Waals surface area contributed by atoms with E-state index in [1.807, 2.05) is 0 Å². The van der Waals surface area contributed by atoms with Crippen molar-refractivity contribution in [3.63, 3.8) is 0 Å². The van der Waals surface area contributed by atoms with Crippen LogP contribution in [0.15, 0.2) is 53.3 Å². The molecule has 0 unspecified atom stereocenters. The van der Waals surface area contributed by atoms with Crippen LogP contribution in [0.3, 0.4) is 0 Å². The lowest BCUT2D eigenvalue weighted by atomic mass is 10.2. The van der Waals surface area contributed by atoms with Crippen LogP contribution in [0.4, 0.5) is 5.69 Å². The number of carbonyl (C=O) groups is 2. The van der Waals surface area contributed by atoms with Crippen molar-refractivity contribution in [1.29, 1.82) is 0 Å². The van der Waals surface area contributed by atoms with Crippen LogP contribution in [0.25, 0.3) is 10.9 Å². The van der Waals surface area contributed by atoms with Gasteiger partial charge in [0.15, 0.2) is 0 Å². The first-order chi connectivity index (χ1) is 12.5. The van der Waals surface area contributed by atoms with Gasteiger partial charge < -0.3 is 15.7 Å². The predicted octanol–water partition coefficient (Wildman–Crippen LogP) is 0.252. The summed E-state index contributed by atoms with van der Waals surface area (Å²) in [6, 6.07) is 12.6. The molecule has 0 fully saturated rings. The van der Waals surface area contributed by atoms with Gasteiger partial charge in [-0.05, 0) is 36.4 Å². The van der Waals surface area contributed by atoms with Crippen molar-refractivity contribution < 1.29 is 14.7 Å². The fourth-order valence-electron chi connectivity index (χ4n) is 2.25. The van der Waals surface area contributed by atoms with Crippen molar-refractivity contribution in [3.8, 4) is 5.75 Å². The summed E-state index contributed by atoms with van der Waals surface area (Å²) in [5.41, 5.74) is 0.500. The van der Waals surface area contributed by atoms with Gasteiger partial charge in [-0.3, -0.25) is 14.4 Å². The molecule has 0 aliphatic heterocycles. The van der Waals surface area contributed by atoms with E-state index >= 15 is 0 Å². The van der Waals surface area contributed by atoms with E-state index < -0.39 is 17.4 Å². The maximum absolute atomic E-state index is 12.3. The number of anilines is 1. The number of amides is 2. The summed E-state index contributed by atoms with van der Waals surface area (Å²) >= 11 is 0. The Morgan fingerprint density at radius 3 is 2.54 bits per heavy atom. The lowest BCUT2D eigenvalue weighted by Crippen LogP contribution is -2.38. The molecule has 0 aliphatic rings. The highest BCUT2D eigenvalue weighted by Crippen LogP contribution is 2.13. The number of phenolic OH excluding ortho intramolecular Hbond substituents is 1. The summed E-state index contributed by atoms with van der Waals surface area (Å²) in [5.74, 6) is -0.906. The van der Waals surface area contributed by atoms with Crippen molar-refractivity contribution in [1.82, 2.24) is 20.3 Å². The van der Waals surface area contributed by atoms with E-state index in [2.05, 4.69) is 20.9 Å². The molecular formula is C17H15N5O4. The molecule has 2 amide bonds. The lowest BCUT2D eigenvalue weighted by molar-refractivity contribution is -0.124. The largest absolute Gasteiger partial charge is 0.508 e. The number of phenols is 1. The van der Waals surface area contributed by atoms with Crippen molar-refractivity contribution in [2.75, 3.05) is 11.9 Å². The minimum atomic E-state index is -0.544. The molecular weight excluding hydrogens is 338 g/mol. The summed E-state index contributed by atoms with van der Waals surface area (Å²) in [7, 11) is 0. The average Bonchev–Trinajstić information content (AvgIpc) is 2.64. The molecule has 0 spiro atoms. The summed E-state index contributed by atoms with van der Waals surface area (Å²) in [5, 5.41) is 22.1. The summed E-state index contributed by atoms with van der Waals surface area (Å²) in [6.07, 6.45) is 0. The molecule has 9 nitrogen and oxygen atoms in total. The smallest absolute Gasteiger partial charge is 0.278 e. The van der Waals surface area contributed by atoms with Gasteiger partial charge in [-0.25, -0.2) is 4.68 Å². The summed E-state index contributed by atoms with van der Waals surface area (Å²) < 4.78 is 0.940. The summed E-state index contributed by atoms with van der Waals surface area (Å²) in [4.78, 5) is 36.0. The normalized spacial score (nSPS) is 10.5. The molecule has 0 bridgehead atoms. The second kappa shape index (κ2) is 7.43. The van der Waals surface area contributed by atoms with E-state index in [4.69, 9.17) is 0 Å². The molecule has 0 atom stereocenters. The SMILES string of the molecule is O=C(Cn1nnc2ccccc2c1=O)NCC(=O)Nc1ccc(O)cc1. The zero-order chi connectivity index (χ0) is 18.5. The maximum atomic E-state index is 12.3. The zero-order valence-electron chi connectivity index (χ0n) is 13.5. The molecule has 132 valence electrons. The highest BCUT2D eigenvalue weighted by molar-refractivity contribution is 5.94. The van der Waals surface area contributed by atoms with E-state index in [1.54, 1.807) is 24.3 Å². The van der Waals surface area contributed by atoms with Crippen molar-refractivity contribution in [2.45, 2.75) is 6.54 Å². The van der Waals surface area contributed by atoms with E-state index in [0.717, 1.165) is 4.68 Å². The van der Waals surface area contributed by atoms with Crippen LogP contribution >= 0.6 is 0 Å². The standard InChI is InChI=1S/C17H15N5O4/c23-12-7-5-11(6-8-12)19-15(24)9-18-16(25)10-22-17(26)13-3-1-2-4-14(13)20-21-22/h1-8,23H,9-10H2,(H,18,25)(H,19,24). The number of benzene rings is 2. The van der Waals surface area contributed by atoms with Gasteiger partial charge >= 0.3 is 0 Å². The molecule has 0 saturated heterocycles. The fraction of sp³-hybridized carbons (Fsp3) is 0.118. The Morgan fingerprint density at radius 1 is 1.04 bits per heavy atom. The van der Waals surface area contributed by atoms with Crippen molar-refractivity contribution >= 4 is 28.4 Å². The quantitative estimate of drug-likeness (QED) is 0.565. The van der Waals surface area contributed by atoms with Crippen LogP contribution in [0.5, 0.6) is 5.75 Å². The molecule has 0 aliphatic carbocycles. The number of carbonyl (C=O) groups excluding carboxylic acids is 2. The minimum absolute atomic E-state index is 0.0817. The van der Waals surface area contributed by atoms with E-state index in [-0.39, 0.29) is 18.8 Å². The van der Waals surface area contributed by atoms with Gasteiger partial charge in [-0.2, -0.15) is 0 Å². The number of aromatic hydroxyl groups is 1. The maximum Gasteiger partial charge on any atom is 0.278 e. The van der Waals surface area contributed by atoms with Gasteiger partial charge in [0.2, 0.25) is 11.8 Å². The van der Waals surface area contributed by atoms with Crippen LogP contribution < -0.4 is 16.2 Å². The second-order valence-electron chi connectivity index (χ2n) is 5.44. The topological polar surface area (TPSA) is 126 Å². The zero-order valence-corrected chi connectivity index (χ0v) is 13.5. The van der Waals surface area contributed by atoms with Crippen molar-refractivity contribution in [2.24, 2.45) is 0 Å². The first-order valence-corrected chi connectivity index (χ1v) is 7.71.